The van der Waals surface area contributed by atoms with Crippen LogP contribution in [0.1, 0.15) is 5.56 Å². The minimum absolute atomic E-state index is 0.224. The molecule has 0 bridgehead atoms. The standard InChI is InChI=1S/C21H23N3O5/c25-20(22-11-14-7-3-1-4-8-14)24-16-12-27-19-17(13-28-18(16)19)29-21(26)23-15-9-5-2-6-10-15/h1-10,16-19H,11-13H2,(H,23,26)(H2,22,24,25)/t16-,17-,18-,19+/m1/s1. The second-order valence-electron chi connectivity index (χ2n) is 6.95. The van der Waals surface area contributed by atoms with Crippen molar-refractivity contribution in [1.82, 2.24) is 10.6 Å². The molecule has 29 heavy (non-hydrogen) atoms. The molecule has 2 heterocycles. The van der Waals surface area contributed by atoms with E-state index in [0.717, 1.165) is 5.56 Å². The Balaban J connectivity index is 1.24. The van der Waals surface area contributed by atoms with Gasteiger partial charge in [0.15, 0.2) is 6.10 Å². The van der Waals surface area contributed by atoms with Gasteiger partial charge in [-0.05, 0) is 17.7 Å². The lowest BCUT2D eigenvalue weighted by molar-refractivity contribution is 0.00872. The van der Waals surface area contributed by atoms with Gasteiger partial charge in [-0.3, -0.25) is 5.32 Å². The number of anilines is 1. The molecule has 0 aliphatic carbocycles. The highest BCUT2D eigenvalue weighted by Crippen LogP contribution is 2.29. The number of urea groups is 1. The molecule has 4 atom stereocenters. The van der Waals surface area contributed by atoms with E-state index in [2.05, 4.69) is 16.0 Å². The Bertz CT molecular complexity index is 833. The van der Waals surface area contributed by atoms with Crippen molar-refractivity contribution in [2.45, 2.75) is 30.9 Å². The van der Waals surface area contributed by atoms with E-state index in [-0.39, 0.29) is 24.8 Å². The molecule has 2 saturated heterocycles. The first-order valence-electron chi connectivity index (χ1n) is 9.53. The zero-order valence-corrected chi connectivity index (χ0v) is 15.7. The summed E-state index contributed by atoms with van der Waals surface area (Å²) < 4.78 is 16.9. The summed E-state index contributed by atoms with van der Waals surface area (Å²) in [5.41, 5.74) is 1.66. The van der Waals surface area contributed by atoms with Crippen LogP contribution in [0.2, 0.25) is 0 Å². The molecule has 0 spiro atoms. The van der Waals surface area contributed by atoms with E-state index in [1.54, 1.807) is 12.1 Å². The van der Waals surface area contributed by atoms with E-state index in [9.17, 15) is 9.59 Å². The van der Waals surface area contributed by atoms with Crippen LogP contribution in [-0.2, 0) is 20.8 Å². The van der Waals surface area contributed by atoms with Gasteiger partial charge in [0, 0.05) is 12.2 Å². The summed E-state index contributed by atoms with van der Waals surface area (Å²) in [7, 11) is 0. The zero-order valence-electron chi connectivity index (χ0n) is 15.7. The third kappa shape index (κ3) is 4.85. The number of fused-ring (bicyclic) bond motifs is 1. The van der Waals surface area contributed by atoms with Crippen molar-refractivity contribution in [3.8, 4) is 0 Å². The Hall–Kier alpha value is -3.10. The van der Waals surface area contributed by atoms with Gasteiger partial charge in [0.25, 0.3) is 0 Å². The summed E-state index contributed by atoms with van der Waals surface area (Å²) >= 11 is 0. The highest BCUT2D eigenvalue weighted by Gasteiger charge is 2.50. The van der Waals surface area contributed by atoms with Crippen LogP contribution >= 0.6 is 0 Å². The number of amides is 3. The van der Waals surface area contributed by atoms with Gasteiger partial charge in [-0.2, -0.15) is 0 Å². The molecule has 8 nitrogen and oxygen atoms in total. The van der Waals surface area contributed by atoms with Crippen molar-refractivity contribution in [2.75, 3.05) is 18.5 Å². The van der Waals surface area contributed by atoms with Gasteiger partial charge in [0.1, 0.15) is 12.2 Å². The molecule has 2 fully saturated rings. The molecule has 0 aromatic heterocycles. The third-order valence-electron chi connectivity index (χ3n) is 4.90. The average Bonchev–Trinajstić information content (AvgIpc) is 3.31. The van der Waals surface area contributed by atoms with Gasteiger partial charge < -0.3 is 24.8 Å². The van der Waals surface area contributed by atoms with E-state index in [4.69, 9.17) is 14.2 Å². The molecular formula is C21H23N3O5. The highest BCUT2D eigenvalue weighted by atomic mass is 16.6. The lowest BCUT2D eigenvalue weighted by Crippen LogP contribution is -2.48. The van der Waals surface area contributed by atoms with Gasteiger partial charge in [0.2, 0.25) is 0 Å². The third-order valence-corrected chi connectivity index (χ3v) is 4.90. The fraction of sp³-hybridized carbons (Fsp3) is 0.333. The van der Waals surface area contributed by atoms with Gasteiger partial charge >= 0.3 is 12.1 Å². The first kappa shape index (κ1) is 19.2. The van der Waals surface area contributed by atoms with Crippen LogP contribution in [0.25, 0.3) is 0 Å². The number of para-hydroxylation sites is 1. The van der Waals surface area contributed by atoms with Gasteiger partial charge in [-0.25, -0.2) is 9.59 Å². The second kappa shape index (κ2) is 8.93. The van der Waals surface area contributed by atoms with E-state index < -0.39 is 18.3 Å². The zero-order chi connectivity index (χ0) is 20.1. The SMILES string of the molecule is O=C(NCc1ccccc1)N[C@@H]1CO[C@@H]2[C@@H]1OC[C@H]2OC(=O)Nc1ccccc1. The maximum atomic E-state index is 12.2. The van der Waals surface area contributed by atoms with Crippen LogP contribution in [-0.4, -0.2) is 49.7 Å². The molecule has 2 aliphatic rings. The second-order valence-corrected chi connectivity index (χ2v) is 6.95. The van der Waals surface area contributed by atoms with Crippen molar-refractivity contribution < 1.29 is 23.8 Å². The molecule has 152 valence electrons. The molecule has 2 aromatic rings. The van der Waals surface area contributed by atoms with Crippen molar-refractivity contribution in [3.63, 3.8) is 0 Å². The minimum atomic E-state index is -0.564. The number of ether oxygens (including phenoxy) is 3. The molecule has 0 unspecified atom stereocenters. The number of carbonyl (C=O) groups is 2. The van der Waals surface area contributed by atoms with Crippen LogP contribution in [0.5, 0.6) is 0 Å². The molecule has 2 aliphatic heterocycles. The summed E-state index contributed by atoms with van der Waals surface area (Å²) in [6.07, 6.45) is -1.85. The number of hydrogen-bond donors (Lipinski definition) is 3. The molecule has 3 N–H and O–H groups in total. The van der Waals surface area contributed by atoms with E-state index in [1.165, 1.54) is 0 Å². The van der Waals surface area contributed by atoms with Gasteiger partial charge in [0.05, 0.1) is 19.3 Å². The highest BCUT2D eigenvalue weighted by molar-refractivity contribution is 5.84. The van der Waals surface area contributed by atoms with E-state index in [0.29, 0.717) is 18.8 Å². The Morgan fingerprint density at radius 2 is 1.62 bits per heavy atom. The summed E-state index contributed by atoms with van der Waals surface area (Å²) in [4.78, 5) is 24.3. The molecular weight excluding hydrogens is 374 g/mol. The van der Waals surface area contributed by atoms with E-state index >= 15 is 0 Å². The molecule has 0 saturated carbocycles. The number of carbonyl (C=O) groups excluding carboxylic acids is 2. The van der Waals surface area contributed by atoms with Crippen LogP contribution in [0.4, 0.5) is 15.3 Å². The number of rotatable bonds is 5. The molecule has 2 aromatic carbocycles. The van der Waals surface area contributed by atoms with Gasteiger partial charge in [-0.1, -0.05) is 48.5 Å². The maximum Gasteiger partial charge on any atom is 0.412 e. The topological polar surface area (TPSA) is 97.9 Å². The lowest BCUT2D eigenvalue weighted by atomic mass is 10.1. The monoisotopic (exact) mass is 397 g/mol. The lowest BCUT2D eigenvalue weighted by Gasteiger charge is -2.18. The fourth-order valence-electron chi connectivity index (χ4n) is 3.49. The smallest absolute Gasteiger partial charge is 0.412 e. The summed E-state index contributed by atoms with van der Waals surface area (Å²) in [5.74, 6) is 0. The predicted molar refractivity (Wildman–Crippen MR) is 105 cm³/mol. The van der Waals surface area contributed by atoms with Crippen LogP contribution in [0.3, 0.4) is 0 Å². The normalized spacial score (nSPS) is 25.1. The predicted octanol–water partition coefficient (Wildman–Crippen LogP) is 2.27. The van der Waals surface area contributed by atoms with Crippen molar-refractivity contribution in [3.05, 3.63) is 66.2 Å². The first-order valence-corrected chi connectivity index (χ1v) is 9.53. The molecule has 4 rings (SSSR count). The van der Waals surface area contributed by atoms with Crippen LogP contribution in [0, 0.1) is 0 Å². The van der Waals surface area contributed by atoms with Crippen molar-refractivity contribution in [2.24, 2.45) is 0 Å². The number of benzene rings is 2. The maximum absolute atomic E-state index is 12.2. The number of nitrogens with one attached hydrogen (secondary N) is 3. The Morgan fingerprint density at radius 3 is 2.38 bits per heavy atom. The van der Waals surface area contributed by atoms with Crippen molar-refractivity contribution >= 4 is 17.8 Å². The Labute approximate surface area is 168 Å². The fourth-order valence-corrected chi connectivity index (χ4v) is 3.49. The largest absolute Gasteiger partial charge is 0.441 e. The van der Waals surface area contributed by atoms with Crippen LogP contribution in [0.15, 0.2) is 60.7 Å². The number of hydrogen-bond acceptors (Lipinski definition) is 5. The quantitative estimate of drug-likeness (QED) is 0.719. The van der Waals surface area contributed by atoms with Crippen molar-refractivity contribution in [1.29, 1.82) is 0 Å². The summed E-state index contributed by atoms with van der Waals surface area (Å²) in [6, 6.07) is 18.1. The summed E-state index contributed by atoms with van der Waals surface area (Å²) in [6.45, 7) is 0.955. The van der Waals surface area contributed by atoms with Gasteiger partial charge in [-0.15, -0.1) is 0 Å². The summed E-state index contributed by atoms with van der Waals surface area (Å²) in [5, 5.41) is 8.37. The molecule has 3 amide bonds. The molecule has 0 radical (unpaired) electrons. The average molecular weight is 397 g/mol. The van der Waals surface area contributed by atoms with Crippen LogP contribution < -0.4 is 16.0 Å². The Kier molecular flexibility index (Phi) is 5.92. The van der Waals surface area contributed by atoms with E-state index in [1.807, 2.05) is 48.5 Å². The first-order chi connectivity index (χ1) is 14.2. The Morgan fingerprint density at radius 1 is 0.931 bits per heavy atom. The molecule has 8 heteroatoms. The minimum Gasteiger partial charge on any atom is -0.441 e.